The number of rotatable bonds is 6. The number of ether oxygens (including phenoxy) is 1. The minimum Gasteiger partial charge on any atom is -0.376 e. The molecule has 166 valence electrons. The van der Waals surface area contributed by atoms with E-state index in [0.29, 0.717) is 18.8 Å². The third-order valence-electron chi connectivity index (χ3n) is 5.46. The van der Waals surface area contributed by atoms with E-state index in [9.17, 15) is 14.4 Å². The summed E-state index contributed by atoms with van der Waals surface area (Å²) in [6.45, 7) is 4.84. The molecule has 4 rings (SSSR count). The van der Waals surface area contributed by atoms with E-state index >= 15 is 0 Å². The Hall–Kier alpha value is -3.52. The van der Waals surface area contributed by atoms with Crippen molar-refractivity contribution in [3.05, 3.63) is 91.8 Å². The summed E-state index contributed by atoms with van der Waals surface area (Å²) in [6, 6.07) is 14.7. The highest BCUT2D eigenvalue weighted by atomic mass is 16.5. The Labute approximate surface area is 185 Å². The van der Waals surface area contributed by atoms with Gasteiger partial charge >= 0.3 is 5.69 Å². The van der Waals surface area contributed by atoms with Crippen molar-refractivity contribution in [1.82, 2.24) is 19.7 Å². The Morgan fingerprint density at radius 3 is 2.56 bits per heavy atom. The first-order valence-corrected chi connectivity index (χ1v) is 10.7. The first-order valence-electron chi connectivity index (χ1n) is 10.7. The van der Waals surface area contributed by atoms with E-state index in [0.717, 1.165) is 38.8 Å². The molecule has 1 N–H and O–H groups in total. The average molecular weight is 434 g/mol. The molecular weight excluding hydrogens is 408 g/mol. The summed E-state index contributed by atoms with van der Waals surface area (Å²) in [7, 11) is 0. The summed E-state index contributed by atoms with van der Waals surface area (Å²) in [4.78, 5) is 39.3. The summed E-state index contributed by atoms with van der Waals surface area (Å²) < 4.78 is 7.71. The molecule has 1 aliphatic rings. The summed E-state index contributed by atoms with van der Waals surface area (Å²) >= 11 is 0. The summed E-state index contributed by atoms with van der Waals surface area (Å²) in [5, 5.41) is 6.90. The summed E-state index contributed by atoms with van der Waals surface area (Å²) in [6.07, 6.45) is 1.73. The minimum absolute atomic E-state index is 0.0414. The molecule has 0 radical (unpaired) electrons. The highest BCUT2D eigenvalue weighted by molar-refractivity contribution is 5.91. The molecule has 2 aromatic carbocycles. The number of amides is 1. The van der Waals surface area contributed by atoms with Gasteiger partial charge in [0.2, 0.25) is 5.69 Å². The highest BCUT2D eigenvalue weighted by Crippen LogP contribution is 2.11. The van der Waals surface area contributed by atoms with E-state index in [1.165, 1.54) is 0 Å². The van der Waals surface area contributed by atoms with Crippen molar-refractivity contribution >= 4 is 5.91 Å². The standard InChI is InChI=1S/C24H26N4O4/c1-16-6-3-8-18(12-16)15-27-23(30)21(22(29)25-14-20-10-5-11-32-20)26-28(24(27)31)19-9-4-7-17(2)13-19/h3-4,6-9,12-13,20H,5,10-11,14-15H2,1-2H3,(H,25,29). The molecule has 0 spiro atoms. The number of hydrogen-bond acceptors (Lipinski definition) is 5. The van der Waals surface area contributed by atoms with Gasteiger partial charge in [-0.1, -0.05) is 42.0 Å². The smallest absolute Gasteiger partial charge is 0.352 e. The largest absolute Gasteiger partial charge is 0.376 e. The third kappa shape index (κ3) is 4.70. The number of carbonyl (C=O) groups excluding carboxylic acids is 1. The summed E-state index contributed by atoms with van der Waals surface area (Å²) in [5.41, 5.74) is 1.58. The molecule has 8 nitrogen and oxygen atoms in total. The maximum absolute atomic E-state index is 13.2. The molecule has 1 saturated heterocycles. The molecule has 1 amide bonds. The predicted octanol–water partition coefficient (Wildman–Crippen LogP) is 1.97. The average Bonchev–Trinajstić information content (AvgIpc) is 3.29. The first-order chi connectivity index (χ1) is 15.4. The Morgan fingerprint density at radius 2 is 1.88 bits per heavy atom. The van der Waals surface area contributed by atoms with Gasteiger partial charge in [0.1, 0.15) is 0 Å². The summed E-state index contributed by atoms with van der Waals surface area (Å²) in [5.74, 6) is -0.620. The monoisotopic (exact) mass is 434 g/mol. The zero-order valence-corrected chi connectivity index (χ0v) is 18.2. The van der Waals surface area contributed by atoms with E-state index < -0.39 is 17.2 Å². The van der Waals surface area contributed by atoms with Crippen LogP contribution in [0.5, 0.6) is 0 Å². The second kappa shape index (κ2) is 9.32. The fourth-order valence-corrected chi connectivity index (χ4v) is 3.81. The van der Waals surface area contributed by atoms with Gasteiger partial charge in [-0.3, -0.25) is 14.2 Å². The van der Waals surface area contributed by atoms with Crippen molar-refractivity contribution in [3.63, 3.8) is 0 Å². The molecule has 0 saturated carbocycles. The SMILES string of the molecule is Cc1cccc(Cn2c(=O)c(C(=O)NCC3CCCO3)nn(-c3cccc(C)c3)c2=O)c1. The number of benzene rings is 2. The predicted molar refractivity (Wildman–Crippen MR) is 120 cm³/mol. The Kier molecular flexibility index (Phi) is 6.32. The number of hydrogen-bond donors (Lipinski definition) is 1. The Bertz CT molecular complexity index is 1260. The van der Waals surface area contributed by atoms with Gasteiger partial charge in [-0.05, 0) is 49.9 Å². The third-order valence-corrected chi connectivity index (χ3v) is 5.46. The van der Waals surface area contributed by atoms with Crippen molar-refractivity contribution in [1.29, 1.82) is 0 Å². The molecule has 1 fully saturated rings. The number of aromatic nitrogens is 3. The fourth-order valence-electron chi connectivity index (χ4n) is 3.81. The van der Waals surface area contributed by atoms with E-state index in [1.807, 2.05) is 44.2 Å². The lowest BCUT2D eigenvalue weighted by Crippen LogP contribution is -2.46. The molecule has 0 aliphatic carbocycles. The van der Waals surface area contributed by atoms with Gasteiger partial charge in [0.25, 0.3) is 11.5 Å². The van der Waals surface area contributed by atoms with Gasteiger partial charge < -0.3 is 10.1 Å². The Balaban J connectivity index is 1.77. The molecule has 3 aromatic rings. The van der Waals surface area contributed by atoms with Gasteiger partial charge in [-0.25, -0.2) is 4.79 Å². The lowest BCUT2D eigenvalue weighted by molar-refractivity contribution is 0.0849. The topological polar surface area (TPSA) is 95.2 Å². The van der Waals surface area contributed by atoms with Crippen LogP contribution in [0.15, 0.2) is 58.1 Å². The van der Waals surface area contributed by atoms with E-state index in [4.69, 9.17) is 4.74 Å². The highest BCUT2D eigenvalue weighted by Gasteiger charge is 2.22. The maximum atomic E-state index is 13.2. The van der Waals surface area contributed by atoms with Crippen LogP contribution >= 0.6 is 0 Å². The van der Waals surface area contributed by atoms with Crippen molar-refractivity contribution in [3.8, 4) is 5.69 Å². The molecule has 1 aliphatic heterocycles. The second-order valence-electron chi connectivity index (χ2n) is 8.11. The van der Waals surface area contributed by atoms with Gasteiger partial charge in [-0.15, -0.1) is 0 Å². The van der Waals surface area contributed by atoms with Crippen LogP contribution in [0.3, 0.4) is 0 Å². The van der Waals surface area contributed by atoms with E-state index in [1.54, 1.807) is 18.2 Å². The van der Waals surface area contributed by atoms with Crippen LogP contribution in [0.2, 0.25) is 0 Å². The molecule has 1 atom stereocenters. The second-order valence-corrected chi connectivity index (χ2v) is 8.11. The lowest BCUT2D eigenvalue weighted by atomic mass is 10.1. The molecule has 8 heteroatoms. The van der Waals surface area contributed by atoms with Gasteiger partial charge in [0.15, 0.2) is 0 Å². The van der Waals surface area contributed by atoms with Gasteiger partial charge in [-0.2, -0.15) is 9.78 Å². The van der Waals surface area contributed by atoms with Crippen LogP contribution < -0.4 is 16.6 Å². The van der Waals surface area contributed by atoms with E-state index in [2.05, 4.69) is 10.4 Å². The van der Waals surface area contributed by atoms with Crippen LogP contribution in [-0.2, 0) is 11.3 Å². The van der Waals surface area contributed by atoms with Crippen LogP contribution in [-0.4, -0.2) is 39.5 Å². The first kappa shape index (κ1) is 21.7. The molecular formula is C24H26N4O4. The van der Waals surface area contributed by atoms with Crippen molar-refractivity contribution in [2.45, 2.75) is 39.3 Å². The lowest BCUT2D eigenvalue weighted by Gasteiger charge is -2.14. The Morgan fingerprint density at radius 1 is 1.12 bits per heavy atom. The van der Waals surface area contributed by atoms with E-state index in [-0.39, 0.29) is 18.3 Å². The molecule has 32 heavy (non-hydrogen) atoms. The zero-order valence-electron chi connectivity index (χ0n) is 18.2. The molecule has 1 unspecified atom stereocenters. The maximum Gasteiger partial charge on any atom is 0.352 e. The van der Waals surface area contributed by atoms with Crippen molar-refractivity contribution < 1.29 is 9.53 Å². The van der Waals surface area contributed by atoms with Crippen LogP contribution in [0, 0.1) is 13.8 Å². The van der Waals surface area contributed by atoms with Crippen molar-refractivity contribution in [2.75, 3.05) is 13.2 Å². The van der Waals surface area contributed by atoms with Crippen LogP contribution in [0.25, 0.3) is 5.69 Å². The van der Waals surface area contributed by atoms with Crippen molar-refractivity contribution in [2.24, 2.45) is 0 Å². The molecule has 2 heterocycles. The number of aryl methyl sites for hydroxylation is 2. The normalized spacial score (nSPS) is 15.6. The quantitative estimate of drug-likeness (QED) is 0.640. The van der Waals surface area contributed by atoms with Crippen LogP contribution in [0.1, 0.15) is 40.0 Å². The fraction of sp³-hybridized carbons (Fsp3) is 0.333. The minimum atomic E-state index is -0.717. The molecule has 0 bridgehead atoms. The number of nitrogens with one attached hydrogen (secondary N) is 1. The number of nitrogens with zero attached hydrogens (tertiary/aromatic N) is 3. The molecule has 1 aromatic heterocycles. The number of carbonyl (C=O) groups is 1. The van der Waals surface area contributed by atoms with Crippen LogP contribution in [0.4, 0.5) is 0 Å². The zero-order chi connectivity index (χ0) is 22.7. The van der Waals surface area contributed by atoms with Gasteiger partial charge in [0, 0.05) is 13.2 Å². The van der Waals surface area contributed by atoms with Gasteiger partial charge in [0.05, 0.1) is 18.3 Å².